The molecule has 0 bridgehead atoms. The predicted molar refractivity (Wildman–Crippen MR) is 259 cm³/mol. The maximum Gasteiger partial charge on any atom is 0.305 e. The lowest BCUT2D eigenvalue weighted by atomic mass is 10.0. The van der Waals surface area contributed by atoms with E-state index in [1.807, 2.05) is 6.08 Å². The second-order valence-corrected chi connectivity index (χ2v) is 17.5. The average molecular weight is 842 g/mol. The number of esters is 1. The lowest BCUT2D eigenvalue weighted by Gasteiger charge is -2.22. The molecule has 0 saturated heterocycles. The van der Waals surface area contributed by atoms with E-state index in [-0.39, 0.29) is 18.5 Å². The normalized spacial score (nSPS) is 13.1. The van der Waals surface area contributed by atoms with Gasteiger partial charge in [0, 0.05) is 12.8 Å². The van der Waals surface area contributed by atoms with Crippen molar-refractivity contribution in [2.45, 2.75) is 270 Å². The first-order valence-electron chi connectivity index (χ1n) is 25.9. The predicted octanol–water partition coefficient (Wildman–Crippen LogP) is 15.5. The topological polar surface area (TPSA) is 95.9 Å². The van der Waals surface area contributed by atoms with E-state index in [1.54, 1.807) is 0 Å². The van der Waals surface area contributed by atoms with Crippen molar-refractivity contribution in [3.8, 4) is 0 Å². The number of nitrogens with one attached hydrogen (secondary N) is 1. The number of allylic oxidation sites excluding steroid dienone is 8. The van der Waals surface area contributed by atoms with Crippen molar-refractivity contribution in [2.75, 3.05) is 13.2 Å². The molecule has 0 aromatic carbocycles. The van der Waals surface area contributed by atoms with Gasteiger partial charge in [0.2, 0.25) is 5.91 Å². The first kappa shape index (κ1) is 57.8. The van der Waals surface area contributed by atoms with Gasteiger partial charge in [-0.3, -0.25) is 9.59 Å². The van der Waals surface area contributed by atoms with Crippen LogP contribution < -0.4 is 5.32 Å². The molecule has 3 N–H and O–H groups in total. The number of aliphatic hydroxyl groups excluding tert-OH is 2. The number of unbranched alkanes of at least 4 members (excludes halogenated alkanes) is 28. The molecule has 0 aliphatic rings. The Morgan fingerprint density at radius 1 is 0.467 bits per heavy atom. The molecule has 0 aliphatic heterocycles. The van der Waals surface area contributed by atoms with Crippen LogP contribution >= 0.6 is 0 Å². The minimum absolute atomic E-state index is 0.0256. The molecule has 0 rings (SSSR count). The quantitative estimate of drug-likeness (QED) is 0.0322. The second-order valence-electron chi connectivity index (χ2n) is 17.5. The highest BCUT2D eigenvalue weighted by Gasteiger charge is 2.19. The molecule has 350 valence electrons. The van der Waals surface area contributed by atoms with Crippen molar-refractivity contribution in [3.05, 3.63) is 48.6 Å². The number of hydrogen-bond acceptors (Lipinski definition) is 5. The van der Waals surface area contributed by atoms with Gasteiger partial charge in [0.15, 0.2) is 0 Å². The number of amides is 1. The van der Waals surface area contributed by atoms with Gasteiger partial charge in [-0.05, 0) is 77.0 Å². The van der Waals surface area contributed by atoms with E-state index in [1.165, 1.54) is 161 Å². The molecular formula is C54H99NO5. The molecule has 0 radical (unpaired) electrons. The van der Waals surface area contributed by atoms with E-state index in [9.17, 15) is 19.8 Å². The Hall–Kier alpha value is -2.18. The fraction of sp³-hybridized carbons (Fsp3) is 0.815. The van der Waals surface area contributed by atoms with Crippen molar-refractivity contribution in [2.24, 2.45) is 0 Å². The molecule has 0 saturated carbocycles. The van der Waals surface area contributed by atoms with Gasteiger partial charge in [0.1, 0.15) is 0 Å². The maximum absolute atomic E-state index is 12.4. The summed E-state index contributed by atoms with van der Waals surface area (Å²) in [5.41, 5.74) is 0. The number of carbonyl (C=O) groups excluding carboxylic acids is 2. The highest BCUT2D eigenvalue weighted by Crippen LogP contribution is 2.15. The zero-order chi connectivity index (χ0) is 43.7. The molecule has 0 aliphatic carbocycles. The smallest absolute Gasteiger partial charge is 0.305 e. The standard InChI is InChI=1S/C54H99NO5/c1-3-5-7-9-11-13-15-17-18-19-20-24-28-32-36-40-44-48-54(59)60-49-45-41-37-33-29-25-21-23-27-31-35-39-43-47-53(58)55-51(50-56)52(57)46-42-38-34-30-26-22-16-14-12-10-8-6-4-2/h11,13,17-18,23,27,35,39,51-52,56-57H,3-10,12,14-16,19-22,24-26,28-34,36-38,40-50H2,1-2H3,(H,55,58)/b13-11-,18-17-,27-23-,39-35-. The fourth-order valence-electron chi connectivity index (χ4n) is 7.60. The van der Waals surface area contributed by atoms with E-state index in [2.05, 4.69) is 61.7 Å². The first-order chi connectivity index (χ1) is 29.5. The molecule has 0 aromatic heterocycles. The Morgan fingerprint density at radius 2 is 0.850 bits per heavy atom. The van der Waals surface area contributed by atoms with Crippen molar-refractivity contribution in [1.82, 2.24) is 5.32 Å². The summed E-state index contributed by atoms with van der Waals surface area (Å²) >= 11 is 0. The van der Waals surface area contributed by atoms with E-state index in [0.717, 1.165) is 57.8 Å². The van der Waals surface area contributed by atoms with Gasteiger partial charge in [-0.15, -0.1) is 0 Å². The zero-order valence-corrected chi connectivity index (χ0v) is 39.7. The average Bonchev–Trinajstić information content (AvgIpc) is 3.25. The Balaban J connectivity index is 3.55. The highest BCUT2D eigenvalue weighted by molar-refractivity contribution is 5.76. The summed E-state index contributed by atoms with van der Waals surface area (Å²) in [5.74, 6) is -0.143. The summed E-state index contributed by atoms with van der Waals surface area (Å²) in [7, 11) is 0. The Bertz CT molecular complexity index is 1020. The minimum atomic E-state index is -0.699. The van der Waals surface area contributed by atoms with Crippen LogP contribution in [-0.4, -0.2) is 47.4 Å². The number of rotatable bonds is 47. The minimum Gasteiger partial charge on any atom is -0.466 e. The third-order valence-corrected chi connectivity index (χ3v) is 11.6. The summed E-state index contributed by atoms with van der Waals surface area (Å²) in [5, 5.41) is 23.1. The van der Waals surface area contributed by atoms with Crippen molar-refractivity contribution in [3.63, 3.8) is 0 Å². The zero-order valence-electron chi connectivity index (χ0n) is 39.7. The van der Waals surface area contributed by atoms with E-state index < -0.39 is 12.1 Å². The third kappa shape index (κ3) is 45.3. The summed E-state index contributed by atoms with van der Waals surface area (Å²) < 4.78 is 5.45. The molecule has 1 amide bonds. The maximum atomic E-state index is 12.4. The van der Waals surface area contributed by atoms with Crippen LogP contribution in [0.3, 0.4) is 0 Å². The van der Waals surface area contributed by atoms with Crippen LogP contribution in [-0.2, 0) is 14.3 Å². The van der Waals surface area contributed by atoms with E-state index in [0.29, 0.717) is 32.3 Å². The lowest BCUT2D eigenvalue weighted by Crippen LogP contribution is -2.45. The largest absolute Gasteiger partial charge is 0.466 e. The lowest BCUT2D eigenvalue weighted by molar-refractivity contribution is -0.143. The van der Waals surface area contributed by atoms with Crippen molar-refractivity contribution < 1.29 is 24.5 Å². The van der Waals surface area contributed by atoms with Gasteiger partial charge >= 0.3 is 5.97 Å². The van der Waals surface area contributed by atoms with Crippen LogP contribution in [0.1, 0.15) is 258 Å². The van der Waals surface area contributed by atoms with Gasteiger partial charge in [0.25, 0.3) is 0 Å². The molecule has 60 heavy (non-hydrogen) atoms. The van der Waals surface area contributed by atoms with Gasteiger partial charge in [-0.25, -0.2) is 0 Å². The molecular weight excluding hydrogens is 743 g/mol. The SMILES string of the molecule is CCCCC/C=C\C/C=C\CCCCCCCCCC(=O)OCCCCCCCC/C=C\C/C=C\CCC(=O)NC(CO)C(O)CCCCCCCCCCCCCCC. The number of ether oxygens (including phenoxy) is 1. The van der Waals surface area contributed by atoms with Crippen molar-refractivity contribution in [1.29, 1.82) is 0 Å². The van der Waals surface area contributed by atoms with Crippen molar-refractivity contribution >= 4 is 11.9 Å². The van der Waals surface area contributed by atoms with Crippen LogP contribution in [0.25, 0.3) is 0 Å². The van der Waals surface area contributed by atoms with Gasteiger partial charge in [-0.1, -0.05) is 217 Å². The molecule has 0 fully saturated rings. The van der Waals surface area contributed by atoms with Crippen LogP contribution in [0.5, 0.6) is 0 Å². The fourth-order valence-corrected chi connectivity index (χ4v) is 7.60. The monoisotopic (exact) mass is 842 g/mol. The summed E-state index contributed by atoms with van der Waals surface area (Å²) in [6.45, 7) is 4.85. The third-order valence-electron chi connectivity index (χ3n) is 11.6. The summed E-state index contributed by atoms with van der Waals surface area (Å²) in [6.07, 6.45) is 60.9. The van der Waals surface area contributed by atoms with Gasteiger partial charge in [0.05, 0.1) is 25.4 Å². The second kappa shape index (κ2) is 49.5. The van der Waals surface area contributed by atoms with Crippen LogP contribution in [0.2, 0.25) is 0 Å². The molecule has 0 spiro atoms. The Labute approximate surface area is 372 Å². The van der Waals surface area contributed by atoms with Crippen LogP contribution in [0.4, 0.5) is 0 Å². The molecule has 2 atom stereocenters. The highest BCUT2D eigenvalue weighted by atomic mass is 16.5. The summed E-state index contributed by atoms with van der Waals surface area (Å²) in [6, 6.07) is -0.586. The number of hydrogen-bond donors (Lipinski definition) is 3. The van der Waals surface area contributed by atoms with Gasteiger partial charge < -0.3 is 20.3 Å². The van der Waals surface area contributed by atoms with E-state index >= 15 is 0 Å². The Morgan fingerprint density at radius 3 is 1.33 bits per heavy atom. The summed E-state index contributed by atoms with van der Waals surface area (Å²) in [4.78, 5) is 24.4. The molecule has 0 heterocycles. The molecule has 6 nitrogen and oxygen atoms in total. The van der Waals surface area contributed by atoms with E-state index in [4.69, 9.17) is 4.74 Å². The van der Waals surface area contributed by atoms with Crippen LogP contribution in [0, 0.1) is 0 Å². The first-order valence-corrected chi connectivity index (χ1v) is 25.9. The molecule has 2 unspecified atom stereocenters. The van der Waals surface area contributed by atoms with Gasteiger partial charge in [-0.2, -0.15) is 0 Å². The number of carbonyl (C=O) groups is 2. The molecule has 0 aromatic rings. The molecule has 6 heteroatoms. The number of aliphatic hydroxyl groups is 2. The Kier molecular flexibility index (Phi) is 47.7. The van der Waals surface area contributed by atoms with Crippen LogP contribution in [0.15, 0.2) is 48.6 Å².